The van der Waals surface area contributed by atoms with Gasteiger partial charge >= 0.3 is 0 Å². The Morgan fingerprint density at radius 1 is 1.44 bits per heavy atom. The van der Waals surface area contributed by atoms with Crippen LogP contribution in [-0.4, -0.2) is 16.6 Å². The van der Waals surface area contributed by atoms with Gasteiger partial charge in [-0.25, -0.2) is 9.97 Å². The molecule has 0 amide bonds. The summed E-state index contributed by atoms with van der Waals surface area (Å²) in [4.78, 5) is 9.13. The van der Waals surface area contributed by atoms with E-state index in [-0.39, 0.29) is 5.60 Å². The first kappa shape index (κ1) is 14.0. The Labute approximate surface area is 122 Å². The van der Waals surface area contributed by atoms with E-state index in [2.05, 4.69) is 48.3 Å². The summed E-state index contributed by atoms with van der Waals surface area (Å²) in [7, 11) is 0. The fourth-order valence-corrected chi connectivity index (χ4v) is 2.69. The molecule has 0 radical (unpaired) electrons. The monoisotopic (exact) mass is 361 g/mol. The molecule has 0 aromatic carbocycles. The number of ether oxygens (including phenoxy) is 1. The molecule has 0 spiro atoms. The van der Waals surface area contributed by atoms with Crippen molar-refractivity contribution in [2.45, 2.75) is 45.6 Å². The van der Waals surface area contributed by atoms with Crippen molar-refractivity contribution in [3.8, 4) is 0 Å². The lowest BCUT2D eigenvalue weighted by Crippen LogP contribution is -2.25. The number of halogens is 1. The average molecular weight is 361 g/mol. The molecule has 1 aromatic heterocycles. The molecule has 1 atom stereocenters. The third-order valence-electron chi connectivity index (χ3n) is 3.24. The van der Waals surface area contributed by atoms with Gasteiger partial charge in [0, 0.05) is 6.61 Å². The smallest absolute Gasteiger partial charge is 0.162 e. The summed E-state index contributed by atoms with van der Waals surface area (Å²) in [5.41, 5.74) is 6.70. The molecule has 1 aliphatic rings. The van der Waals surface area contributed by atoms with E-state index in [1.54, 1.807) is 0 Å². The lowest BCUT2D eigenvalue weighted by molar-refractivity contribution is 0.00921. The normalized spacial score (nSPS) is 23.8. The van der Waals surface area contributed by atoms with Gasteiger partial charge in [-0.3, -0.25) is 0 Å². The SMILES string of the molecule is CC(C)Cc1nc(C2(C)CCCO2)nc(N)c1I. The van der Waals surface area contributed by atoms with E-state index >= 15 is 0 Å². The van der Waals surface area contributed by atoms with Crippen molar-refractivity contribution in [1.29, 1.82) is 0 Å². The zero-order valence-corrected chi connectivity index (χ0v) is 13.3. The van der Waals surface area contributed by atoms with Crippen LogP contribution in [0.2, 0.25) is 0 Å². The van der Waals surface area contributed by atoms with Gasteiger partial charge in [0.15, 0.2) is 5.82 Å². The Hall–Kier alpha value is -0.430. The molecular formula is C13H20IN3O. The van der Waals surface area contributed by atoms with Gasteiger partial charge in [-0.15, -0.1) is 0 Å². The van der Waals surface area contributed by atoms with Crippen LogP contribution in [0.5, 0.6) is 0 Å². The molecule has 0 bridgehead atoms. The summed E-state index contributed by atoms with van der Waals surface area (Å²) in [5.74, 6) is 1.87. The minimum atomic E-state index is -0.357. The number of nitrogens with two attached hydrogens (primary N) is 1. The Balaban J connectivity index is 2.40. The minimum Gasteiger partial charge on any atom is -0.383 e. The molecule has 0 aliphatic carbocycles. The largest absolute Gasteiger partial charge is 0.383 e. The highest BCUT2D eigenvalue weighted by atomic mass is 127. The molecule has 1 fully saturated rings. The molecule has 2 heterocycles. The fraction of sp³-hybridized carbons (Fsp3) is 0.692. The van der Waals surface area contributed by atoms with Gasteiger partial charge in [0.2, 0.25) is 0 Å². The van der Waals surface area contributed by atoms with Gasteiger partial charge in [0.05, 0.1) is 9.26 Å². The first-order chi connectivity index (χ1) is 8.42. The third kappa shape index (κ3) is 2.77. The maximum absolute atomic E-state index is 6.01. The van der Waals surface area contributed by atoms with Crippen molar-refractivity contribution in [2.24, 2.45) is 5.92 Å². The second-order valence-corrected chi connectivity index (χ2v) is 6.55. The molecular weight excluding hydrogens is 341 g/mol. The number of rotatable bonds is 3. The predicted octanol–water partition coefficient (Wildman–Crippen LogP) is 2.89. The van der Waals surface area contributed by atoms with E-state index in [1.807, 2.05) is 0 Å². The topological polar surface area (TPSA) is 61.0 Å². The van der Waals surface area contributed by atoms with E-state index in [9.17, 15) is 0 Å². The molecule has 0 saturated carbocycles. The second kappa shape index (κ2) is 5.28. The van der Waals surface area contributed by atoms with Crippen LogP contribution in [0.4, 0.5) is 5.82 Å². The van der Waals surface area contributed by atoms with Crippen molar-refractivity contribution in [3.63, 3.8) is 0 Å². The second-order valence-electron chi connectivity index (χ2n) is 5.47. The minimum absolute atomic E-state index is 0.357. The van der Waals surface area contributed by atoms with Crippen LogP contribution in [0.1, 0.15) is 45.1 Å². The Morgan fingerprint density at radius 2 is 2.17 bits per heavy atom. The van der Waals surface area contributed by atoms with E-state index in [0.717, 1.165) is 41.0 Å². The first-order valence-electron chi connectivity index (χ1n) is 6.38. The summed E-state index contributed by atoms with van der Waals surface area (Å²) in [5, 5.41) is 0. The van der Waals surface area contributed by atoms with Crippen LogP contribution >= 0.6 is 22.6 Å². The van der Waals surface area contributed by atoms with Crippen LogP contribution in [0.25, 0.3) is 0 Å². The standard InChI is InChI=1S/C13H20IN3O/c1-8(2)7-9-10(14)11(15)17-12(16-9)13(3)5-4-6-18-13/h8H,4-7H2,1-3H3,(H2,15,16,17). The van der Waals surface area contributed by atoms with Gasteiger partial charge in [0.25, 0.3) is 0 Å². The highest BCUT2D eigenvalue weighted by molar-refractivity contribution is 14.1. The quantitative estimate of drug-likeness (QED) is 0.841. The van der Waals surface area contributed by atoms with Crippen LogP contribution < -0.4 is 5.73 Å². The number of nitrogen functional groups attached to an aromatic ring is 1. The number of nitrogens with zero attached hydrogens (tertiary/aromatic N) is 2. The van der Waals surface area contributed by atoms with Crippen LogP contribution in [0, 0.1) is 9.49 Å². The van der Waals surface area contributed by atoms with Crippen molar-refractivity contribution >= 4 is 28.4 Å². The van der Waals surface area contributed by atoms with Crippen molar-refractivity contribution in [3.05, 3.63) is 15.1 Å². The molecule has 2 rings (SSSR count). The summed E-state index contributed by atoms with van der Waals surface area (Å²) < 4.78 is 6.78. The molecule has 1 aliphatic heterocycles. The zero-order valence-electron chi connectivity index (χ0n) is 11.2. The van der Waals surface area contributed by atoms with Crippen molar-refractivity contribution < 1.29 is 4.74 Å². The molecule has 1 unspecified atom stereocenters. The third-order valence-corrected chi connectivity index (χ3v) is 4.41. The van der Waals surface area contributed by atoms with Gasteiger partial charge in [0.1, 0.15) is 11.4 Å². The summed E-state index contributed by atoms with van der Waals surface area (Å²) in [6.45, 7) is 7.20. The van der Waals surface area contributed by atoms with Gasteiger partial charge < -0.3 is 10.5 Å². The summed E-state index contributed by atoms with van der Waals surface area (Å²) in [6.07, 6.45) is 2.95. The highest BCUT2D eigenvalue weighted by Crippen LogP contribution is 2.34. The number of anilines is 1. The van der Waals surface area contributed by atoms with E-state index < -0.39 is 0 Å². The Bertz CT molecular complexity index is 442. The van der Waals surface area contributed by atoms with Crippen molar-refractivity contribution in [2.75, 3.05) is 12.3 Å². The highest BCUT2D eigenvalue weighted by Gasteiger charge is 2.35. The number of hydrogen-bond acceptors (Lipinski definition) is 4. The lowest BCUT2D eigenvalue weighted by Gasteiger charge is -2.23. The fourth-order valence-electron chi connectivity index (χ4n) is 2.23. The maximum Gasteiger partial charge on any atom is 0.162 e. The Morgan fingerprint density at radius 3 is 2.72 bits per heavy atom. The van der Waals surface area contributed by atoms with Gasteiger partial charge in [-0.05, 0) is 54.7 Å². The molecule has 1 aromatic rings. The van der Waals surface area contributed by atoms with E-state index in [1.165, 1.54) is 0 Å². The van der Waals surface area contributed by atoms with Gasteiger partial charge in [-0.2, -0.15) is 0 Å². The van der Waals surface area contributed by atoms with Crippen LogP contribution in [0.15, 0.2) is 0 Å². The molecule has 18 heavy (non-hydrogen) atoms. The molecule has 100 valence electrons. The number of aromatic nitrogens is 2. The average Bonchev–Trinajstić information content (AvgIpc) is 2.72. The predicted molar refractivity (Wildman–Crippen MR) is 80.2 cm³/mol. The van der Waals surface area contributed by atoms with Crippen LogP contribution in [0.3, 0.4) is 0 Å². The van der Waals surface area contributed by atoms with E-state index in [0.29, 0.717) is 11.7 Å². The first-order valence-corrected chi connectivity index (χ1v) is 7.46. The molecule has 1 saturated heterocycles. The van der Waals surface area contributed by atoms with Crippen molar-refractivity contribution in [1.82, 2.24) is 9.97 Å². The lowest BCUT2D eigenvalue weighted by atomic mass is 10.0. The maximum atomic E-state index is 6.01. The molecule has 2 N–H and O–H groups in total. The molecule has 5 heteroatoms. The summed E-state index contributed by atoms with van der Waals surface area (Å²) >= 11 is 2.23. The number of hydrogen-bond donors (Lipinski definition) is 1. The van der Waals surface area contributed by atoms with Crippen LogP contribution in [-0.2, 0) is 16.8 Å². The Kier molecular flexibility index (Phi) is 4.11. The van der Waals surface area contributed by atoms with E-state index in [4.69, 9.17) is 15.5 Å². The van der Waals surface area contributed by atoms with Gasteiger partial charge in [-0.1, -0.05) is 13.8 Å². The zero-order chi connectivity index (χ0) is 13.3. The summed E-state index contributed by atoms with van der Waals surface area (Å²) in [6, 6.07) is 0. The molecule has 4 nitrogen and oxygen atoms in total.